The molecule has 4 nitrogen and oxygen atoms in total. The van der Waals surface area contributed by atoms with Gasteiger partial charge in [-0.1, -0.05) is 25.1 Å². The van der Waals surface area contributed by atoms with Crippen molar-refractivity contribution in [1.29, 1.82) is 0 Å². The summed E-state index contributed by atoms with van der Waals surface area (Å²) in [6.45, 7) is 3.29. The third kappa shape index (κ3) is 3.09. The molecule has 2 atom stereocenters. The summed E-state index contributed by atoms with van der Waals surface area (Å²) < 4.78 is 0. The maximum Gasteiger partial charge on any atom is 0.337 e. The minimum Gasteiger partial charge on any atom is -0.479 e. The molecule has 1 aromatic rings. The second-order valence-corrected chi connectivity index (χ2v) is 4.46. The van der Waals surface area contributed by atoms with E-state index in [1.807, 2.05) is 6.92 Å². The Morgan fingerprint density at radius 2 is 2.00 bits per heavy atom. The smallest absolute Gasteiger partial charge is 0.337 e. The summed E-state index contributed by atoms with van der Waals surface area (Å²) >= 11 is 6.00. The molecule has 5 heteroatoms. The number of carbonyl (C=O) groups is 2. The molecule has 0 amide bonds. The Bertz CT molecular complexity index is 470. The van der Waals surface area contributed by atoms with Gasteiger partial charge in [0.2, 0.25) is 0 Å². The monoisotopic (exact) mass is 270 g/mol. The number of benzene rings is 1. The summed E-state index contributed by atoms with van der Waals surface area (Å²) in [6.07, 6.45) is -0.930. The number of ketones is 1. The van der Waals surface area contributed by atoms with Gasteiger partial charge in [-0.15, -0.1) is 11.6 Å². The lowest BCUT2D eigenvalue weighted by molar-refractivity contribution is -0.146. The fraction of sp³-hybridized carbons (Fsp3) is 0.385. The van der Waals surface area contributed by atoms with E-state index in [1.165, 1.54) is 19.1 Å². The molecule has 2 unspecified atom stereocenters. The molecule has 0 saturated heterocycles. The average Bonchev–Trinajstić information content (AvgIpc) is 2.35. The van der Waals surface area contributed by atoms with Crippen LogP contribution in [-0.4, -0.2) is 22.0 Å². The number of carbonyl (C=O) groups excluding carboxylic acids is 1. The molecule has 0 heterocycles. The van der Waals surface area contributed by atoms with E-state index in [-0.39, 0.29) is 11.3 Å². The Balaban J connectivity index is 3.25. The van der Waals surface area contributed by atoms with Gasteiger partial charge >= 0.3 is 5.97 Å². The third-order valence-electron chi connectivity index (χ3n) is 2.73. The van der Waals surface area contributed by atoms with Gasteiger partial charge in [0.15, 0.2) is 11.9 Å². The van der Waals surface area contributed by atoms with Crippen molar-refractivity contribution in [3.8, 4) is 0 Å². The number of carboxylic acid groups (broad SMARTS) is 1. The summed E-state index contributed by atoms with van der Waals surface area (Å²) in [7, 11) is 0. The van der Waals surface area contributed by atoms with E-state index in [2.05, 4.69) is 0 Å². The number of alkyl halides is 1. The molecule has 0 aromatic heterocycles. The minimum atomic E-state index is -1.61. The molecule has 0 spiro atoms. The molecule has 1 aromatic carbocycles. The van der Waals surface area contributed by atoms with Crippen molar-refractivity contribution in [3.05, 3.63) is 34.9 Å². The zero-order valence-electron chi connectivity index (χ0n) is 10.2. The van der Waals surface area contributed by atoms with Crippen LogP contribution in [0, 0.1) is 0 Å². The van der Waals surface area contributed by atoms with Crippen LogP contribution < -0.4 is 0 Å². The van der Waals surface area contributed by atoms with Crippen molar-refractivity contribution in [2.45, 2.75) is 31.7 Å². The molecular formula is C13H15ClO4. The SMILES string of the molecule is CCc1ccc(C(O)C(=O)O)cc1C(Cl)C(C)=O. The molecule has 0 bridgehead atoms. The number of aliphatic hydroxyl groups is 1. The zero-order valence-corrected chi connectivity index (χ0v) is 10.9. The molecule has 0 aliphatic carbocycles. The fourth-order valence-corrected chi connectivity index (χ4v) is 1.91. The highest BCUT2D eigenvalue weighted by atomic mass is 35.5. The van der Waals surface area contributed by atoms with Gasteiger partial charge in [0, 0.05) is 0 Å². The van der Waals surface area contributed by atoms with Crippen LogP contribution in [0.15, 0.2) is 18.2 Å². The zero-order chi connectivity index (χ0) is 13.9. The predicted octanol–water partition coefficient (Wildman–Crippen LogP) is 2.24. The first-order valence-electron chi connectivity index (χ1n) is 5.56. The topological polar surface area (TPSA) is 74.6 Å². The summed E-state index contributed by atoms with van der Waals surface area (Å²) in [6, 6.07) is 4.71. The van der Waals surface area contributed by atoms with E-state index in [0.29, 0.717) is 12.0 Å². The lowest BCUT2D eigenvalue weighted by Crippen LogP contribution is -2.12. The lowest BCUT2D eigenvalue weighted by Gasteiger charge is -2.15. The summed E-state index contributed by atoms with van der Waals surface area (Å²) in [4.78, 5) is 22.0. The van der Waals surface area contributed by atoms with Crippen molar-refractivity contribution < 1.29 is 19.8 Å². The standard InChI is InChI=1S/C13H15ClO4/c1-3-8-4-5-9(12(16)13(17)18)6-10(8)11(14)7(2)15/h4-6,11-12,16H,3H2,1-2H3,(H,17,18). The third-order valence-corrected chi connectivity index (χ3v) is 3.27. The molecular weight excluding hydrogens is 256 g/mol. The Morgan fingerprint density at radius 3 is 2.44 bits per heavy atom. The van der Waals surface area contributed by atoms with Crippen LogP contribution in [0.4, 0.5) is 0 Å². The number of Topliss-reactive ketones (excluding diaryl/α,β-unsaturated/α-hetero) is 1. The van der Waals surface area contributed by atoms with Crippen molar-refractivity contribution in [2.75, 3.05) is 0 Å². The molecule has 98 valence electrons. The van der Waals surface area contributed by atoms with Gasteiger partial charge in [-0.2, -0.15) is 0 Å². The highest BCUT2D eigenvalue weighted by molar-refractivity contribution is 6.30. The maximum absolute atomic E-state index is 11.3. The average molecular weight is 271 g/mol. The van der Waals surface area contributed by atoms with E-state index in [4.69, 9.17) is 16.7 Å². The lowest BCUT2D eigenvalue weighted by atomic mass is 9.96. The first kappa shape index (κ1) is 14.7. The Hall–Kier alpha value is -1.39. The van der Waals surface area contributed by atoms with Crippen molar-refractivity contribution in [3.63, 3.8) is 0 Å². The molecule has 0 saturated carbocycles. The van der Waals surface area contributed by atoms with Gasteiger partial charge in [0.05, 0.1) is 0 Å². The number of aliphatic carboxylic acids is 1. The molecule has 1 rings (SSSR count). The number of aryl methyl sites for hydroxylation is 1. The quantitative estimate of drug-likeness (QED) is 0.805. The molecule has 2 N–H and O–H groups in total. The van der Waals surface area contributed by atoms with Gasteiger partial charge < -0.3 is 10.2 Å². The number of hydrogen-bond acceptors (Lipinski definition) is 3. The molecule has 0 aliphatic rings. The van der Waals surface area contributed by atoms with Crippen LogP contribution in [0.3, 0.4) is 0 Å². The van der Waals surface area contributed by atoms with Gasteiger partial charge in [-0.3, -0.25) is 4.79 Å². The summed E-state index contributed by atoms with van der Waals surface area (Å²) in [5.74, 6) is -1.55. The second kappa shape index (κ2) is 5.98. The normalized spacial score (nSPS) is 14.0. The molecule has 0 fully saturated rings. The van der Waals surface area contributed by atoms with Gasteiger partial charge in [0.1, 0.15) is 5.38 Å². The van der Waals surface area contributed by atoms with Crippen LogP contribution in [0.1, 0.15) is 42.0 Å². The number of hydrogen-bond donors (Lipinski definition) is 2. The Labute approximate surface area is 110 Å². The van der Waals surface area contributed by atoms with Crippen LogP contribution in [0.5, 0.6) is 0 Å². The number of rotatable bonds is 5. The van der Waals surface area contributed by atoms with Crippen molar-refractivity contribution in [2.24, 2.45) is 0 Å². The van der Waals surface area contributed by atoms with Crippen LogP contribution in [-0.2, 0) is 16.0 Å². The van der Waals surface area contributed by atoms with E-state index in [1.54, 1.807) is 6.07 Å². The first-order valence-corrected chi connectivity index (χ1v) is 6.00. The van der Waals surface area contributed by atoms with Gasteiger partial charge in [-0.05, 0) is 30.0 Å². The van der Waals surface area contributed by atoms with Crippen LogP contribution >= 0.6 is 11.6 Å². The maximum atomic E-state index is 11.3. The van der Waals surface area contributed by atoms with E-state index in [0.717, 1.165) is 5.56 Å². The highest BCUT2D eigenvalue weighted by Gasteiger charge is 2.21. The van der Waals surface area contributed by atoms with Crippen LogP contribution in [0.25, 0.3) is 0 Å². The Morgan fingerprint density at radius 1 is 1.39 bits per heavy atom. The highest BCUT2D eigenvalue weighted by Crippen LogP contribution is 2.28. The molecule has 18 heavy (non-hydrogen) atoms. The fourth-order valence-electron chi connectivity index (χ4n) is 1.70. The predicted molar refractivity (Wildman–Crippen MR) is 67.7 cm³/mol. The minimum absolute atomic E-state index is 0.215. The van der Waals surface area contributed by atoms with Gasteiger partial charge in [0.25, 0.3) is 0 Å². The summed E-state index contributed by atoms with van der Waals surface area (Å²) in [5, 5.41) is 17.4. The van der Waals surface area contributed by atoms with E-state index in [9.17, 15) is 14.7 Å². The number of carboxylic acids is 1. The van der Waals surface area contributed by atoms with Crippen molar-refractivity contribution >= 4 is 23.4 Å². The first-order chi connectivity index (χ1) is 8.38. The second-order valence-electron chi connectivity index (χ2n) is 4.03. The number of aliphatic hydroxyl groups excluding tert-OH is 1. The van der Waals surface area contributed by atoms with E-state index >= 15 is 0 Å². The largest absolute Gasteiger partial charge is 0.479 e. The van der Waals surface area contributed by atoms with Gasteiger partial charge in [-0.25, -0.2) is 4.79 Å². The van der Waals surface area contributed by atoms with Crippen LogP contribution in [0.2, 0.25) is 0 Å². The molecule has 0 radical (unpaired) electrons. The Kier molecular flexibility index (Phi) is 4.87. The van der Waals surface area contributed by atoms with E-state index < -0.39 is 17.5 Å². The summed E-state index contributed by atoms with van der Waals surface area (Å²) in [5.41, 5.74) is 1.65. The van der Waals surface area contributed by atoms with Crippen molar-refractivity contribution in [1.82, 2.24) is 0 Å². The number of halogens is 1. The molecule has 0 aliphatic heterocycles.